The van der Waals surface area contributed by atoms with Gasteiger partial charge in [-0.05, 0) is 37.6 Å². The van der Waals surface area contributed by atoms with E-state index in [1.807, 2.05) is 49.4 Å². The van der Waals surface area contributed by atoms with Crippen molar-refractivity contribution in [1.82, 2.24) is 4.90 Å². The standard InChI is InChI=1S/C25H21N3O5/c1-16-11-13-19(14-12-16)26(15-18-7-4-3-5-8-18)23(29)17(2)27-24(30)20-9-6-10-21(28(32)33)22(20)25(27)31/h3-14,17H,15H2,1-2H3. The van der Waals surface area contributed by atoms with Crippen LogP contribution in [0, 0.1) is 17.0 Å². The highest BCUT2D eigenvalue weighted by Crippen LogP contribution is 2.32. The smallest absolute Gasteiger partial charge is 0.282 e. The Labute approximate surface area is 190 Å². The molecule has 3 aromatic carbocycles. The molecule has 33 heavy (non-hydrogen) atoms. The quantitative estimate of drug-likeness (QED) is 0.324. The molecule has 3 aromatic rings. The Balaban J connectivity index is 1.70. The van der Waals surface area contributed by atoms with Gasteiger partial charge in [-0.25, -0.2) is 0 Å². The van der Waals surface area contributed by atoms with Gasteiger partial charge < -0.3 is 4.90 Å². The maximum absolute atomic E-state index is 13.6. The third-order valence-corrected chi connectivity index (χ3v) is 5.66. The lowest BCUT2D eigenvalue weighted by molar-refractivity contribution is -0.385. The first-order valence-electron chi connectivity index (χ1n) is 10.4. The first kappa shape index (κ1) is 21.9. The molecule has 1 heterocycles. The summed E-state index contributed by atoms with van der Waals surface area (Å²) in [6.45, 7) is 3.62. The van der Waals surface area contributed by atoms with Gasteiger partial charge >= 0.3 is 0 Å². The predicted molar refractivity (Wildman–Crippen MR) is 122 cm³/mol. The zero-order valence-corrected chi connectivity index (χ0v) is 18.1. The van der Waals surface area contributed by atoms with Crippen molar-refractivity contribution in [3.8, 4) is 0 Å². The van der Waals surface area contributed by atoms with E-state index in [4.69, 9.17) is 0 Å². The van der Waals surface area contributed by atoms with Crippen LogP contribution in [0.3, 0.4) is 0 Å². The van der Waals surface area contributed by atoms with E-state index in [0.29, 0.717) is 5.69 Å². The Hall–Kier alpha value is -4.33. The largest absolute Gasteiger partial charge is 0.306 e. The third kappa shape index (κ3) is 3.98. The molecule has 0 saturated carbocycles. The molecule has 0 aliphatic carbocycles. The molecule has 8 nitrogen and oxygen atoms in total. The molecule has 8 heteroatoms. The number of nitrogens with zero attached hydrogens (tertiary/aromatic N) is 3. The second-order valence-electron chi connectivity index (χ2n) is 7.86. The average molecular weight is 443 g/mol. The van der Waals surface area contributed by atoms with Crippen LogP contribution < -0.4 is 4.90 Å². The fourth-order valence-electron chi connectivity index (χ4n) is 3.91. The van der Waals surface area contributed by atoms with Crippen LogP contribution in [0.25, 0.3) is 0 Å². The first-order chi connectivity index (χ1) is 15.8. The number of nitro benzene ring substituents is 1. The summed E-state index contributed by atoms with van der Waals surface area (Å²) < 4.78 is 0. The van der Waals surface area contributed by atoms with Crippen LogP contribution >= 0.6 is 0 Å². The molecule has 1 unspecified atom stereocenters. The summed E-state index contributed by atoms with van der Waals surface area (Å²) in [4.78, 5) is 52.7. The van der Waals surface area contributed by atoms with Crippen LogP contribution in [0.15, 0.2) is 72.8 Å². The lowest BCUT2D eigenvalue weighted by Crippen LogP contribution is -2.49. The molecule has 0 aromatic heterocycles. The zero-order valence-electron chi connectivity index (χ0n) is 18.1. The number of hydrogen-bond donors (Lipinski definition) is 0. The van der Waals surface area contributed by atoms with Crippen molar-refractivity contribution in [1.29, 1.82) is 0 Å². The van der Waals surface area contributed by atoms with Gasteiger partial charge in [0, 0.05) is 11.8 Å². The van der Waals surface area contributed by atoms with E-state index < -0.39 is 34.4 Å². The monoisotopic (exact) mass is 443 g/mol. The Morgan fingerprint density at radius 3 is 2.27 bits per heavy atom. The maximum Gasteiger partial charge on any atom is 0.282 e. The topological polar surface area (TPSA) is 101 Å². The average Bonchev–Trinajstić information content (AvgIpc) is 3.08. The minimum absolute atomic E-state index is 0.0706. The molecule has 0 radical (unpaired) electrons. The second-order valence-corrected chi connectivity index (χ2v) is 7.86. The fourth-order valence-corrected chi connectivity index (χ4v) is 3.91. The van der Waals surface area contributed by atoms with Crippen LogP contribution in [-0.2, 0) is 11.3 Å². The number of fused-ring (bicyclic) bond motifs is 1. The summed E-state index contributed by atoms with van der Waals surface area (Å²) in [5.41, 5.74) is 1.70. The molecular weight excluding hydrogens is 422 g/mol. The number of carbonyl (C=O) groups excluding carboxylic acids is 3. The summed E-state index contributed by atoms with van der Waals surface area (Å²) in [7, 11) is 0. The molecular formula is C25H21N3O5. The summed E-state index contributed by atoms with van der Waals surface area (Å²) in [6, 6.07) is 19.4. The van der Waals surface area contributed by atoms with Gasteiger partial charge in [-0.1, -0.05) is 54.1 Å². The highest BCUT2D eigenvalue weighted by molar-refractivity contribution is 6.25. The summed E-state index contributed by atoms with van der Waals surface area (Å²) in [6.07, 6.45) is 0. The van der Waals surface area contributed by atoms with Crippen molar-refractivity contribution in [2.24, 2.45) is 0 Å². The fraction of sp³-hybridized carbons (Fsp3) is 0.160. The van der Waals surface area contributed by atoms with Crippen LogP contribution in [0.5, 0.6) is 0 Å². The van der Waals surface area contributed by atoms with Crippen molar-refractivity contribution in [3.63, 3.8) is 0 Å². The summed E-state index contributed by atoms with van der Waals surface area (Å²) in [5.74, 6) is -2.03. The van der Waals surface area contributed by atoms with Gasteiger partial charge in [0.15, 0.2) is 0 Å². The molecule has 1 atom stereocenters. The molecule has 4 rings (SSSR count). The highest BCUT2D eigenvalue weighted by atomic mass is 16.6. The van der Waals surface area contributed by atoms with E-state index in [2.05, 4.69) is 0 Å². The van der Waals surface area contributed by atoms with Crippen molar-refractivity contribution >= 4 is 29.1 Å². The number of amides is 3. The van der Waals surface area contributed by atoms with Crippen molar-refractivity contribution < 1.29 is 19.3 Å². The number of hydrogen-bond acceptors (Lipinski definition) is 5. The van der Waals surface area contributed by atoms with E-state index >= 15 is 0 Å². The van der Waals surface area contributed by atoms with E-state index in [0.717, 1.165) is 16.0 Å². The predicted octanol–water partition coefficient (Wildman–Crippen LogP) is 4.12. The zero-order chi connectivity index (χ0) is 23.7. The van der Waals surface area contributed by atoms with E-state index in [1.165, 1.54) is 30.0 Å². The Kier molecular flexibility index (Phi) is 5.74. The van der Waals surface area contributed by atoms with Crippen LogP contribution in [0.1, 0.15) is 38.8 Å². The lowest BCUT2D eigenvalue weighted by atomic mass is 10.1. The number of anilines is 1. The van der Waals surface area contributed by atoms with Crippen LogP contribution in [0.2, 0.25) is 0 Å². The Morgan fingerprint density at radius 1 is 0.970 bits per heavy atom. The number of benzene rings is 3. The minimum Gasteiger partial charge on any atom is -0.306 e. The summed E-state index contributed by atoms with van der Waals surface area (Å²) >= 11 is 0. The highest BCUT2D eigenvalue weighted by Gasteiger charge is 2.45. The van der Waals surface area contributed by atoms with E-state index in [1.54, 1.807) is 12.1 Å². The van der Waals surface area contributed by atoms with E-state index in [9.17, 15) is 24.5 Å². The van der Waals surface area contributed by atoms with Crippen molar-refractivity contribution in [2.75, 3.05) is 4.90 Å². The SMILES string of the molecule is Cc1ccc(N(Cc2ccccc2)C(=O)C(C)N2C(=O)c3cccc([N+](=O)[O-])c3C2=O)cc1. The molecule has 0 fully saturated rings. The van der Waals surface area contributed by atoms with Crippen LogP contribution in [0.4, 0.5) is 11.4 Å². The molecule has 0 saturated heterocycles. The normalized spacial score (nSPS) is 13.6. The second kappa shape index (κ2) is 8.66. The van der Waals surface area contributed by atoms with Gasteiger partial charge in [-0.15, -0.1) is 0 Å². The number of imide groups is 1. The van der Waals surface area contributed by atoms with Crippen molar-refractivity contribution in [3.05, 3.63) is 105 Å². The molecule has 0 N–H and O–H groups in total. The molecule has 3 amide bonds. The van der Waals surface area contributed by atoms with Crippen molar-refractivity contribution in [2.45, 2.75) is 26.4 Å². The molecule has 1 aliphatic heterocycles. The number of aryl methyl sites for hydroxylation is 1. The van der Waals surface area contributed by atoms with Crippen LogP contribution in [-0.4, -0.2) is 33.6 Å². The van der Waals surface area contributed by atoms with Gasteiger partial charge in [0.05, 0.1) is 17.0 Å². The first-order valence-corrected chi connectivity index (χ1v) is 10.4. The molecule has 1 aliphatic rings. The third-order valence-electron chi connectivity index (χ3n) is 5.66. The van der Waals surface area contributed by atoms with Gasteiger partial charge in [-0.2, -0.15) is 0 Å². The number of nitro groups is 1. The minimum atomic E-state index is -1.16. The Bertz CT molecular complexity index is 1250. The number of carbonyl (C=O) groups is 3. The molecule has 0 bridgehead atoms. The van der Waals surface area contributed by atoms with Gasteiger partial charge in [0.1, 0.15) is 11.6 Å². The van der Waals surface area contributed by atoms with Gasteiger partial charge in [0.25, 0.3) is 17.5 Å². The summed E-state index contributed by atoms with van der Waals surface area (Å²) in [5, 5.41) is 11.4. The number of rotatable bonds is 6. The van der Waals surface area contributed by atoms with E-state index in [-0.39, 0.29) is 17.7 Å². The molecule has 166 valence electrons. The molecule has 0 spiro atoms. The lowest BCUT2D eigenvalue weighted by Gasteiger charge is -2.29. The van der Waals surface area contributed by atoms with Gasteiger partial charge in [0.2, 0.25) is 5.91 Å². The Morgan fingerprint density at radius 2 is 1.64 bits per heavy atom. The van der Waals surface area contributed by atoms with Gasteiger partial charge in [-0.3, -0.25) is 29.4 Å². The maximum atomic E-state index is 13.6.